The molecule has 1 aliphatic rings. The lowest BCUT2D eigenvalue weighted by Gasteiger charge is -2.34. The lowest BCUT2D eigenvalue weighted by molar-refractivity contribution is -0.00805. The molecule has 150 valence electrons. The van der Waals surface area contributed by atoms with Crippen molar-refractivity contribution in [3.05, 3.63) is 53.3 Å². The van der Waals surface area contributed by atoms with E-state index in [9.17, 15) is 4.79 Å². The first kappa shape index (κ1) is 19.9. The number of aliphatic imine (C=N–C) groups is 1. The molecular formula is C20H28N6O2. The number of morpholine rings is 1. The summed E-state index contributed by atoms with van der Waals surface area (Å²) in [7, 11) is 3.69. The third kappa shape index (κ3) is 4.89. The van der Waals surface area contributed by atoms with E-state index in [2.05, 4.69) is 25.6 Å². The van der Waals surface area contributed by atoms with E-state index in [1.165, 1.54) is 0 Å². The highest BCUT2D eigenvalue weighted by atomic mass is 16.5. The van der Waals surface area contributed by atoms with Crippen molar-refractivity contribution in [3.8, 4) is 0 Å². The van der Waals surface area contributed by atoms with Crippen LogP contribution in [0.5, 0.6) is 0 Å². The third-order valence-corrected chi connectivity index (χ3v) is 4.68. The van der Waals surface area contributed by atoms with Gasteiger partial charge in [-0.2, -0.15) is 5.10 Å². The quantitative estimate of drug-likeness (QED) is 0.600. The number of nitrogens with one attached hydrogen (secondary N) is 2. The van der Waals surface area contributed by atoms with Gasteiger partial charge in [0.1, 0.15) is 6.10 Å². The van der Waals surface area contributed by atoms with Crippen LogP contribution in [0.4, 0.5) is 0 Å². The van der Waals surface area contributed by atoms with E-state index in [0.717, 1.165) is 30.2 Å². The number of amides is 1. The Morgan fingerprint density at radius 3 is 2.75 bits per heavy atom. The van der Waals surface area contributed by atoms with Crippen molar-refractivity contribution in [2.24, 2.45) is 12.0 Å². The van der Waals surface area contributed by atoms with Crippen LogP contribution in [0.25, 0.3) is 0 Å². The van der Waals surface area contributed by atoms with Gasteiger partial charge in [0.05, 0.1) is 19.3 Å². The van der Waals surface area contributed by atoms with Gasteiger partial charge in [-0.15, -0.1) is 0 Å². The van der Waals surface area contributed by atoms with Gasteiger partial charge in [-0.25, -0.2) is 0 Å². The van der Waals surface area contributed by atoms with Crippen LogP contribution in [0.1, 0.15) is 34.5 Å². The molecule has 1 saturated heterocycles. The molecule has 8 heteroatoms. The fourth-order valence-corrected chi connectivity index (χ4v) is 3.20. The molecule has 1 amide bonds. The Bertz CT molecular complexity index is 814. The van der Waals surface area contributed by atoms with Gasteiger partial charge in [0.15, 0.2) is 5.96 Å². The Balaban J connectivity index is 1.57. The number of ether oxygens (including phenoxy) is 1. The van der Waals surface area contributed by atoms with Crippen molar-refractivity contribution in [2.75, 3.05) is 33.3 Å². The van der Waals surface area contributed by atoms with E-state index < -0.39 is 0 Å². The highest BCUT2D eigenvalue weighted by Gasteiger charge is 2.25. The first-order valence-corrected chi connectivity index (χ1v) is 9.53. The standard InChI is InChI=1S/C20H28N6O2/c1-4-22-19(27)16-7-5-15(6-8-16)11-23-20(21-2)26-9-10-28-18(14-26)17-12-24-25(3)13-17/h5-8,12-13,18H,4,9-11,14H2,1-3H3,(H,21,23)(H,22,27). The average molecular weight is 384 g/mol. The van der Waals surface area contributed by atoms with Crippen LogP contribution in [-0.2, 0) is 18.3 Å². The van der Waals surface area contributed by atoms with E-state index in [4.69, 9.17) is 4.74 Å². The first-order valence-electron chi connectivity index (χ1n) is 9.53. The lowest BCUT2D eigenvalue weighted by Crippen LogP contribution is -2.47. The second-order valence-corrected chi connectivity index (χ2v) is 6.71. The van der Waals surface area contributed by atoms with Gasteiger partial charge in [0.2, 0.25) is 0 Å². The zero-order valence-electron chi connectivity index (χ0n) is 16.7. The number of carbonyl (C=O) groups excluding carboxylic acids is 1. The summed E-state index contributed by atoms with van der Waals surface area (Å²) in [6.45, 7) is 5.32. The third-order valence-electron chi connectivity index (χ3n) is 4.68. The zero-order valence-corrected chi connectivity index (χ0v) is 16.7. The first-order chi connectivity index (χ1) is 13.6. The number of aryl methyl sites for hydroxylation is 1. The van der Waals surface area contributed by atoms with Crippen LogP contribution >= 0.6 is 0 Å². The van der Waals surface area contributed by atoms with Crippen molar-refractivity contribution < 1.29 is 9.53 Å². The van der Waals surface area contributed by atoms with Crippen molar-refractivity contribution >= 4 is 11.9 Å². The Hall–Kier alpha value is -2.87. The maximum absolute atomic E-state index is 11.9. The summed E-state index contributed by atoms with van der Waals surface area (Å²) < 4.78 is 7.69. The van der Waals surface area contributed by atoms with Crippen LogP contribution in [0.15, 0.2) is 41.7 Å². The summed E-state index contributed by atoms with van der Waals surface area (Å²) in [5.74, 6) is 0.789. The Labute approximate surface area is 165 Å². The molecule has 3 rings (SSSR count). The van der Waals surface area contributed by atoms with Gasteiger partial charge in [-0.1, -0.05) is 12.1 Å². The highest BCUT2D eigenvalue weighted by molar-refractivity contribution is 5.94. The molecular weight excluding hydrogens is 356 g/mol. The number of benzene rings is 1. The molecule has 2 heterocycles. The van der Waals surface area contributed by atoms with Gasteiger partial charge in [0, 0.05) is 51.1 Å². The van der Waals surface area contributed by atoms with Crippen molar-refractivity contribution in [2.45, 2.75) is 19.6 Å². The monoisotopic (exact) mass is 384 g/mol. The zero-order chi connectivity index (χ0) is 19.9. The SMILES string of the molecule is CCNC(=O)c1ccc(CNC(=NC)N2CCOC(c3cnn(C)c3)C2)cc1. The topological polar surface area (TPSA) is 83.8 Å². The van der Waals surface area contributed by atoms with Crippen molar-refractivity contribution in [1.29, 1.82) is 0 Å². The fourth-order valence-electron chi connectivity index (χ4n) is 3.20. The smallest absolute Gasteiger partial charge is 0.251 e. The van der Waals surface area contributed by atoms with Gasteiger partial charge >= 0.3 is 0 Å². The number of guanidine groups is 1. The minimum Gasteiger partial charge on any atom is -0.370 e. The van der Waals surface area contributed by atoms with Gasteiger partial charge < -0.3 is 20.3 Å². The normalized spacial score (nSPS) is 17.5. The van der Waals surface area contributed by atoms with Crippen LogP contribution in [-0.4, -0.2) is 59.8 Å². The molecule has 0 saturated carbocycles. The van der Waals surface area contributed by atoms with Crippen LogP contribution in [0.3, 0.4) is 0 Å². The summed E-state index contributed by atoms with van der Waals surface area (Å²) in [6, 6.07) is 7.61. The molecule has 2 aromatic rings. The lowest BCUT2D eigenvalue weighted by atomic mass is 10.1. The average Bonchev–Trinajstić information content (AvgIpc) is 3.16. The van der Waals surface area contributed by atoms with Crippen molar-refractivity contribution in [1.82, 2.24) is 25.3 Å². The molecule has 1 aliphatic heterocycles. The van der Waals surface area contributed by atoms with Crippen LogP contribution in [0.2, 0.25) is 0 Å². The molecule has 1 atom stereocenters. The van der Waals surface area contributed by atoms with E-state index in [0.29, 0.717) is 25.3 Å². The Morgan fingerprint density at radius 1 is 1.32 bits per heavy atom. The van der Waals surface area contributed by atoms with E-state index in [1.807, 2.05) is 50.6 Å². The summed E-state index contributed by atoms with van der Waals surface area (Å²) in [4.78, 5) is 18.5. The molecule has 0 aliphatic carbocycles. The number of hydrogen-bond donors (Lipinski definition) is 2. The number of rotatable bonds is 5. The summed E-state index contributed by atoms with van der Waals surface area (Å²) in [5.41, 5.74) is 2.83. The van der Waals surface area contributed by atoms with Gasteiger partial charge in [-0.05, 0) is 24.6 Å². The maximum Gasteiger partial charge on any atom is 0.251 e. The molecule has 28 heavy (non-hydrogen) atoms. The van der Waals surface area contributed by atoms with E-state index >= 15 is 0 Å². The predicted molar refractivity (Wildman–Crippen MR) is 108 cm³/mol. The molecule has 1 aromatic heterocycles. The number of hydrogen-bond acceptors (Lipinski definition) is 4. The van der Waals surface area contributed by atoms with Crippen LogP contribution in [0, 0.1) is 0 Å². The minimum atomic E-state index is -0.0485. The molecule has 0 bridgehead atoms. The summed E-state index contributed by atoms with van der Waals surface area (Å²) in [6.07, 6.45) is 3.82. The van der Waals surface area contributed by atoms with E-state index in [-0.39, 0.29) is 12.0 Å². The summed E-state index contributed by atoms with van der Waals surface area (Å²) >= 11 is 0. The number of carbonyl (C=O) groups is 1. The van der Waals surface area contributed by atoms with Gasteiger partial charge in [0.25, 0.3) is 5.91 Å². The predicted octanol–water partition coefficient (Wildman–Crippen LogP) is 1.32. The second kappa shape index (κ2) is 9.36. The second-order valence-electron chi connectivity index (χ2n) is 6.71. The molecule has 2 N–H and O–H groups in total. The molecule has 0 radical (unpaired) electrons. The highest BCUT2D eigenvalue weighted by Crippen LogP contribution is 2.21. The van der Waals surface area contributed by atoms with Gasteiger partial charge in [-0.3, -0.25) is 14.5 Å². The number of aromatic nitrogens is 2. The number of nitrogens with zero attached hydrogens (tertiary/aromatic N) is 4. The molecule has 1 unspecified atom stereocenters. The van der Waals surface area contributed by atoms with Crippen LogP contribution < -0.4 is 10.6 Å². The fraction of sp³-hybridized carbons (Fsp3) is 0.450. The molecule has 8 nitrogen and oxygen atoms in total. The van der Waals surface area contributed by atoms with E-state index in [1.54, 1.807) is 11.7 Å². The maximum atomic E-state index is 11.9. The largest absolute Gasteiger partial charge is 0.370 e. The van der Waals surface area contributed by atoms with Crippen molar-refractivity contribution in [3.63, 3.8) is 0 Å². The minimum absolute atomic E-state index is 0.0163. The molecule has 1 fully saturated rings. The Kier molecular flexibility index (Phi) is 6.65. The summed E-state index contributed by atoms with van der Waals surface area (Å²) in [5, 5.41) is 10.4. The Morgan fingerprint density at radius 2 is 2.11 bits per heavy atom. The molecule has 0 spiro atoms. The molecule has 1 aromatic carbocycles.